The third-order valence-corrected chi connectivity index (χ3v) is 7.07. The van der Waals surface area contributed by atoms with Crippen LogP contribution in [0.3, 0.4) is 0 Å². The molecule has 0 aromatic heterocycles. The highest BCUT2D eigenvalue weighted by Crippen LogP contribution is 2.36. The standard InChI is InChI=1S/C28H27N3O7/c1-18-22(10-6-12-24(18)30(34)35)27(32)29-16-14-21(15-17-29)26(20-8-4-3-5-9-20)38-28(33)23-11-7-13-25(19(23)2)31(36)37/h3-13,21,26H,14-17H2,1-2H3/t26-/m1/s1. The normalized spacial score (nSPS) is 14.5. The van der Waals surface area contributed by atoms with Gasteiger partial charge in [-0.3, -0.25) is 25.0 Å². The zero-order valence-corrected chi connectivity index (χ0v) is 21.0. The topological polar surface area (TPSA) is 133 Å². The van der Waals surface area contributed by atoms with E-state index in [-0.39, 0.29) is 34.3 Å². The Hall–Kier alpha value is -4.60. The zero-order chi connectivity index (χ0) is 27.4. The third-order valence-electron chi connectivity index (χ3n) is 7.07. The molecule has 1 aliphatic rings. The molecule has 1 fully saturated rings. The average Bonchev–Trinajstić information content (AvgIpc) is 2.91. The molecule has 1 amide bonds. The number of likely N-dealkylation sites (tertiary alicyclic amines) is 1. The zero-order valence-electron chi connectivity index (χ0n) is 21.0. The second-order valence-corrected chi connectivity index (χ2v) is 9.28. The molecule has 0 N–H and O–H groups in total. The molecule has 1 aliphatic heterocycles. The van der Waals surface area contributed by atoms with Crippen LogP contribution in [0.1, 0.15) is 56.4 Å². The minimum absolute atomic E-state index is 0.0989. The smallest absolute Gasteiger partial charge is 0.339 e. The molecule has 196 valence electrons. The fraction of sp³-hybridized carbons (Fsp3) is 0.286. The molecular weight excluding hydrogens is 490 g/mol. The quantitative estimate of drug-likeness (QED) is 0.227. The van der Waals surface area contributed by atoms with Crippen molar-refractivity contribution < 1.29 is 24.2 Å². The Balaban J connectivity index is 1.53. The SMILES string of the molecule is Cc1c(C(=O)O[C@H](c2ccccc2)C2CCN(C(=O)c3cccc([N+](=O)[O-])c3C)CC2)cccc1[N+](=O)[O-]. The van der Waals surface area contributed by atoms with Gasteiger partial charge < -0.3 is 9.64 Å². The summed E-state index contributed by atoms with van der Waals surface area (Å²) >= 11 is 0. The third kappa shape index (κ3) is 5.39. The predicted octanol–water partition coefficient (Wildman–Crippen LogP) is 5.57. The van der Waals surface area contributed by atoms with Crippen LogP contribution in [0.25, 0.3) is 0 Å². The molecule has 3 aromatic carbocycles. The summed E-state index contributed by atoms with van der Waals surface area (Å²) in [5.74, 6) is -1.02. The van der Waals surface area contributed by atoms with Gasteiger partial charge in [-0.05, 0) is 44.4 Å². The van der Waals surface area contributed by atoms with Crippen LogP contribution >= 0.6 is 0 Å². The summed E-state index contributed by atoms with van der Waals surface area (Å²) in [4.78, 5) is 49.6. The van der Waals surface area contributed by atoms with Gasteiger partial charge in [-0.2, -0.15) is 0 Å². The van der Waals surface area contributed by atoms with Gasteiger partial charge in [0, 0.05) is 47.8 Å². The highest BCUT2D eigenvalue weighted by Gasteiger charge is 2.34. The van der Waals surface area contributed by atoms with Crippen LogP contribution in [0.2, 0.25) is 0 Å². The van der Waals surface area contributed by atoms with Crippen molar-refractivity contribution in [3.63, 3.8) is 0 Å². The van der Waals surface area contributed by atoms with Crippen LogP contribution < -0.4 is 0 Å². The van der Waals surface area contributed by atoms with E-state index in [4.69, 9.17) is 4.74 Å². The van der Waals surface area contributed by atoms with Gasteiger partial charge in [0.05, 0.1) is 15.4 Å². The molecule has 1 atom stereocenters. The number of piperidine rings is 1. The van der Waals surface area contributed by atoms with E-state index in [1.807, 2.05) is 30.3 Å². The molecule has 1 saturated heterocycles. The van der Waals surface area contributed by atoms with Crippen LogP contribution in [-0.4, -0.2) is 39.7 Å². The first-order valence-electron chi connectivity index (χ1n) is 12.2. The number of nitro benzene ring substituents is 2. The maximum Gasteiger partial charge on any atom is 0.339 e. The van der Waals surface area contributed by atoms with Gasteiger partial charge in [-0.1, -0.05) is 42.5 Å². The second-order valence-electron chi connectivity index (χ2n) is 9.28. The predicted molar refractivity (Wildman–Crippen MR) is 139 cm³/mol. The number of carbonyl (C=O) groups is 2. The minimum atomic E-state index is -0.647. The van der Waals surface area contributed by atoms with Crippen LogP contribution in [0.5, 0.6) is 0 Å². The van der Waals surface area contributed by atoms with E-state index in [9.17, 15) is 29.8 Å². The Morgan fingerprint density at radius 2 is 1.34 bits per heavy atom. The van der Waals surface area contributed by atoms with Gasteiger partial charge in [0.25, 0.3) is 17.3 Å². The molecule has 0 saturated carbocycles. The summed E-state index contributed by atoms with van der Waals surface area (Å²) in [6.45, 7) is 3.87. The van der Waals surface area contributed by atoms with Crippen LogP contribution in [-0.2, 0) is 4.74 Å². The van der Waals surface area contributed by atoms with Crippen LogP contribution in [0, 0.1) is 40.0 Å². The Kier molecular flexibility index (Phi) is 7.80. The summed E-state index contributed by atoms with van der Waals surface area (Å²) < 4.78 is 5.98. The lowest BCUT2D eigenvalue weighted by Gasteiger charge is -2.36. The van der Waals surface area contributed by atoms with Crippen molar-refractivity contribution >= 4 is 23.3 Å². The monoisotopic (exact) mass is 517 g/mol. The molecular formula is C28H27N3O7. The molecule has 4 rings (SSSR count). The molecule has 1 heterocycles. The fourth-order valence-corrected chi connectivity index (χ4v) is 4.93. The van der Waals surface area contributed by atoms with E-state index in [0.717, 1.165) is 5.56 Å². The lowest BCUT2D eigenvalue weighted by atomic mass is 9.87. The lowest BCUT2D eigenvalue weighted by molar-refractivity contribution is -0.385. The van der Waals surface area contributed by atoms with Crippen molar-refractivity contribution in [3.05, 3.63) is 115 Å². The number of amides is 1. The Morgan fingerprint density at radius 3 is 1.89 bits per heavy atom. The molecule has 3 aromatic rings. The maximum absolute atomic E-state index is 13.2. The lowest BCUT2D eigenvalue weighted by Crippen LogP contribution is -2.40. The summed E-state index contributed by atoms with van der Waals surface area (Å²) in [6, 6.07) is 18.1. The second kappa shape index (κ2) is 11.2. The number of hydrogen-bond donors (Lipinski definition) is 0. The van der Waals surface area contributed by atoms with Crippen LogP contribution in [0.15, 0.2) is 66.7 Å². The number of ether oxygens (including phenoxy) is 1. The van der Waals surface area contributed by atoms with E-state index in [1.54, 1.807) is 17.9 Å². The number of nitro groups is 2. The van der Waals surface area contributed by atoms with Crippen molar-refractivity contribution in [1.29, 1.82) is 0 Å². The maximum atomic E-state index is 13.2. The highest BCUT2D eigenvalue weighted by molar-refractivity contribution is 5.96. The number of esters is 1. The van der Waals surface area contributed by atoms with Gasteiger partial charge >= 0.3 is 5.97 Å². The highest BCUT2D eigenvalue weighted by atomic mass is 16.6. The first kappa shape index (κ1) is 26.5. The molecule has 0 radical (unpaired) electrons. The molecule has 38 heavy (non-hydrogen) atoms. The van der Waals surface area contributed by atoms with Crippen molar-refractivity contribution in [1.82, 2.24) is 4.90 Å². The Morgan fingerprint density at radius 1 is 0.816 bits per heavy atom. The summed E-state index contributed by atoms with van der Waals surface area (Å²) in [5.41, 5.74) is 1.54. The Bertz CT molecular complexity index is 1380. The fourth-order valence-electron chi connectivity index (χ4n) is 4.93. The van der Waals surface area contributed by atoms with Crippen LogP contribution in [0.4, 0.5) is 11.4 Å². The minimum Gasteiger partial charge on any atom is -0.454 e. The van der Waals surface area contributed by atoms with E-state index in [1.165, 1.54) is 37.3 Å². The van der Waals surface area contributed by atoms with Gasteiger partial charge in [-0.25, -0.2) is 4.79 Å². The average molecular weight is 518 g/mol. The van der Waals surface area contributed by atoms with Gasteiger partial charge in [-0.15, -0.1) is 0 Å². The van der Waals surface area contributed by atoms with E-state index in [2.05, 4.69) is 0 Å². The number of rotatable bonds is 7. The van der Waals surface area contributed by atoms with Gasteiger partial charge in [0.15, 0.2) is 0 Å². The molecule has 10 nitrogen and oxygen atoms in total. The van der Waals surface area contributed by atoms with Crippen molar-refractivity contribution in [2.45, 2.75) is 32.8 Å². The van der Waals surface area contributed by atoms with E-state index < -0.39 is 21.9 Å². The Labute approximate surface area is 219 Å². The number of carbonyl (C=O) groups excluding carboxylic acids is 2. The molecule has 0 bridgehead atoms. The number of nitrogens with zero attached hydrogens (tertiary/aromatic N) is 3. The number of benzene rings is 3. The molecule has 0 aliphatic carbocycles. The first-order valence-corrected chi connectivity index (χ1v) is 12.2. The molecule has 0 spiro atoms. The summed E-state index contributed by atoms with van der Waals surface area (Å²) in [7, 11) is 0. The van der Waals surface area contributed by atoms with Crippen molar-refractivity contribution in [2.75, 3.05) is 13.1 Å². The summed E-state index contributed by atoms with van der Waals surface area (Å²) in [5, 5.41) is 22.6. The van der Waals surface area contributed by atoms with E-state index >= 15 is 0 Å². The first-order chi connectivity index (χ1) is 18.2. The number of hydrogen-bond acceptors (Lipinski definition) is 7. The van der Waals surface area contributed by atoms with Gasteiger partial charge in [0.2, 0.25) is 0 Å². The van der Waals surface area contributed by atoms with Crippen molar-refractivity contribution in [3.8, 4) is 0 Å². The molecule has 10 heteroatoms. The summed E-state index contributed by atoms with van der Waals surface area (Å²) in [6.07, 6.45) is 0.472. The van der Waals surface area contributed by atoms with Crippen molar-refractivity contribution in [2.24, 2.45) is 5.92 Å². The van der Waals surface area contributed by atoms with Gasteiger partial charge in [0.1, 0.15) is 6.10 Å². The largest absolute Gasteiger partial charge is 0.454 e. The molecule has 0 unspecified atom stereocenters. The van der Waals surface area contributed by atoms with E-state index in [0.29, 0.717) is 37.1 Å².